The smallest absolute Gasteiger partial charge is 0.573 e. The van der Waals surface area contributed by atoms with Crippen molar-refractivity contribution in [1.82, 2.24) is 14.6 Å². The van der Waals surface area contributed by atoms with Gasteiger partial charge in [0.2, 0.25) is 0 Å². The Kier molecular flexibility index (Phi) is 3.90. The van der Waals surface area contributed by atoms with Gasteiger partial charge in [-0.15, -0.1) is 13.2 Å². The normalized spacial score (nSPS) is 13.3. The van der Waals surface area contributed by atoms with Crippen LogP contribution in [0.2, 0.25) is 0 Å². The molecule has 1 unspecified atom stereocenters. The second-order valence-corrected chi connectivity index (χ2v) is 5.87. The van der Waals surface area contributed by atoms with E-state index >= 15 is 0 Å². The molecule has 9 heteroatoms. The maximum absolute atomic E-state index is 12.6. The molecular formula is C14H10F3N3O2S. The standard InChI is InChI=1S/C14H10F3N3O2S/c1-23(21)13-18-8-9-6-7-11(20(9)19-13)10-4-2-3-5-12(10)22-14(15,16)17/h2-8H,1H3. The molecule has 2 aromatic heterocycles. The molecule has 3 aromatic rings. The summed E-state index contributed by atoms with van der Waals surface area (Å²) >= 11 is -1.41. The SMILES string of the molecule is C[S+]([O-])c1ncc2ccc(-c3ccccc3OC(F)(F)F)n2n1. The van der Waals surface area contributed by atoms with Gasteiger partial charge in [0, 0.05) is 16.7 Å². The number of halogens is 3. The second kappa shape index (κ2) is 5.74. The van der Waals surface area contributed by atoms with E-state index in [0.29, 0.717) is 11.2 Å². The van der Waals surface area contributed by atoms with Gasteiger partial charge in [0.15, 0.2) is 0 Å². The van der Waals surface area contributed by atoms with E-state index in [1.807, 2.05) is 0 Å². The largest absolute Gasteiger partial charge is 0.609 e. The average molecular weight is 341 g/mol. The van der Waals surface area contributed by atoms with Crippen LogP contribution in [0.4, 0.5) is 13.2 Å². The molecule has 0 bridgehead atoms. The number of nitrogens with zero attached hydrogens (tertiary/aromatic N) is 3. The molecular weight excluding hydrogens is 331 g/mol. The highest BCUT2D eigenvalue weighted by atomic mass is 32.2. The quantitative estimate of drug-likeness (QED) is 0.687. The lowest BCUT2D eigenvalue weighted by Gasteiger charge is -2.13. The van der Waals surface area contributed by atoms with Gasteiger partial charge in [-0.05, 0) is 24.3 Å². The highest BCUT2D eigenvalue weighted by Crippen LogP contribution is 2.34. The molecule has 0 fully saturated rings. The first-order chi connectivity index (χ1) is 10.8. The summed E-state index contributed by atoms with van der Waals surface area (Å²) in [5, 5.41) is 4.20. The van der Waals surface area contributed by atoms with Crippen LogP contribution in [0.3, 0.4) is 0 Å². The summed E-state index contributed by atoms with van der Waals surface area (Å²) in [7, 11) is 0. The number of benzene rings is 1. The van der Waals surface area contributed by atoms with E-state index in [0.717, 1.165) is 0 Å². The van der Waals surface area contributed by atoms with Gasteiger partial charge in [0.1, 0.15) is 12.0 Å². The molecule has 0 saturated heterocycles. The summed E-state index contributed by atoms with van der Waals surface area (Å²) in [5.74, 6) is -0.335. The minimum absolute atomic E-state index is 0.0872. The third-order valence-electron chi connectivity index (χ3n) is 3.02. The van der Waals surface area contributed by atoms with E-state index in [2.05, 4.69) is 14.8 Å². The van der Waals surface area contributed by atoms with Crippen LogP contribution in [0.5, 0.6) is 5.75 Å². The summed E-state index contributed by atoms with van der Waals surface area (Å²) in [5.41, 5.74) is 1.17. The molecule has 0 aliphatic carbocycles. The van der Waals surface area contributed by atoms with Crippen molar-refractivity contribution < 1.29 is 22.5 Å². The Hall–Kier alpha value is -2.26. The Balaban J connectivity index is 2.15. The number of aromatic nitrogens is 3. The van der Waals surface area contributed by atoms with Crippen molar-refractivity contribution in [3.63, 3.8) is 0 Å². The van der Waals surface area contributed by atoms with E-state index in [1.165, 1.54) is 35.2 Å². The van der Waals surface area contributed by atoms with Crippen LogP contribution in [0, 0.1) is 0 Å². The summed E-state index contributed by atoms with van der Waals surface area (Å²) < 4.78 is 54.6. The van der Waals surface area contributed by atoms with Crippen LogP contribution in [0.25, 0.3) is 16.8 Å². The van der Waals surface area contributed by atoms with Crippen molar-refractivity contribution in [3.8, 4) is 17.0 Å². The maximum Gasteiger partial charge on any atom is 0.573 e. The number of fused-ring (bicyclic) bond motifs is 1. The molecule has 0 amide bonds. The van der Waals surface area contributed by atoms with E-state index in [9.17, 15) is 17.7 Å². The summed E-state index contributed by atoms with van der Waals surface area (Å²) in [4.78, 5) is 3.95. The van der Waals surface area contributed by atoms with Gasteiger partial charge >= 0.3 is 11.5 Å². The lowest BCUT2D eigenvalue weighted by Crippen LogP contribution is -2.17. The van der Waals surface area contributed by atoms with Crippen molar-refractivity contribution >= 4 is 16.7 Å². The lowest BCUT2D eigenvalue weighted by atomic mass is 10.1. The second-order valence-electron chi connectivity index (χ2n) is 4.59. The molecule has 5 nitrogen and oxygen atoms in total. The Morgan fingerprint density at radius 3 is 2.61 bits per heavy atom. The van der Waals surface area contributed by atoms with Crippen LogP contribution in [0.1, 0.15) is 0 Å². The van der Waals surface area contributed by atoms with Crippen LogP contribution in [-0.4, -0.2) is 31.8 Å². The Labute approximate surface area is 131 Å². The van der Waals surface area contributed by atoms with Crippen molar-refractivity contribution in [2.45, 2.75) is 11.5 Å². The highest BCUT2D eigenvalue weighted by Gasteiger charge is 2.32. The summed E-state index contributed by atoms with van der Waals surface area (Å²) in [6.07, 6.45) is -1.92. The van der Waals surface area contributed by atoms with E-state index in [1.54, 1.807) is 18.2 Å². The maximum atomic E-state index is 12.6. The Morgan fingerprint density at radius 2 is 1.91 bits per heavy atom. The van der Waals surface area contributed by atoms with Crippen LogP contribution in [-0.2, 0) is 11.2 Å². The van der Waals surface area contributed by atoms with Crippen molar-refractivity contribution in [2.24, 2.45) is 0 Å². The third kappa shape index (κ3) is 3.25. The molecule has 23 heavy (non-hydrogen) atoms. The summed E-state index contributed by atoms with van der Waals surface area (Å²) in [6.45, 7) is 0. The fourth-order valence-electron chi connectivity index (χ4n) is 2.11. The van der Waals surface area contributed by atoms with Gasteiger partial charge in [0.05, 0.1) is 17.4 Å². The molecule has 0 aliphatic heterocycles. The van der Waals surface area contributed by atoms with E-state index in [-0.39, 0.29) is 16.5 Å². The molecule has 0 spiro atoms. The lowest BCUT2D eigenvalue weighted by molar-refractivity contribution is -0.274. The topological polar surface area (TPSA) is 62.5 Å². The molecule has 2 heterocycles. The van der Waals surface area contributed by atoms with Gasteiger partial charge in [-0.2, -0.15) is 4.98 Å². The van der Waals surface area contributed by atoms with Crippen LogP contribution in [0.15, 0.2) is 47.8 Å². The van der Waals surface area contributed by atoms with Crippen molar-refractivity contribution in [1.29, 1.82) is 0 Å². The average Bonchev–Trinajstić information content (AvgIpc) is 2.89. The van der Waals surface area contributed by atoms with Gasteiger partial charge in [-0.3, -0.25) is 0 Å². The molecule has 0 saturated carbocycles. The molecule has 1 atom stereocenters. The summed E-state index contributed by atoms with van der Waals surface area (Å²) in [6, 6.07) is 9.02. The van der Waals surface area contributed by atoms with Gasteiger partial charge in [-0.25, -0.2) is 4.52 Å². The van der Waals surface area contributed by atoms with Gasteiger partial charge < -0.3 is 9.29 Å². The first-order valence-corrected chi connectivity index (χ1v) is 7.94. The zero-order valence-electron chi connectivity index (χ0n) is 11.7. The first kappa shape index (κ1) is 15.6. The molecule has 3 rings (SSSR count). The van der Waals surface area contributed by atoms with Crippen molar-refractivity contribution in [2.75, 3.05) is 6.26 Å². The highest BCUT2D eigenvalue weighted by molar-refractivity contribution is 7.90. The number of para-hydroxylation sites is 1. The predicted octanol–water partition coefficient (Wildman–Crippen LogP) is 3.03. The molecule has 120 valence electrons. The molecule has 0 radical (unpaired) electrons. The van der Waals surface area contributed by atoms with Crippen LogP contribution >= 0.6 is 0 Å². The van der Waals surface area contributed by atoms with E-state index < -0.39 is 17.5 Å². The first-order valence-electron chi connectivity index (χ1n) is 6.38. The van der Waals surface area contributed by atoms with Crippen molar-refractivity contribution in [3.05, 3.63) is 42.6 Å². The van der Waals surface area contributed by atoms with Gasteiger partial charge in [-0.1, -0.05) is 17.2 Å². The van der Waals surface area contributed by atoms with E-state index in [4.69, 9.17) is 0 Å². The minimum Gasteiger partial charge on any atom is -0.609 e. The van der Waals surface area contributed by atoms with Crippen LogP contribution < -0.4 is 4.74 Å². The number of rotatable bonds is 3. The molecule has 1 aromatic carbocycles. The minimum atomic E-state index is -4.80. The zero-order chi connectivity index (χ0) is 16.6. The Bertz CT molecular complexity index is 849. The molecule has 0 N–H and O–H groups in total. The fourth-order valence-corrected chi connectivity index (χ4v) is 2.51. The monoisotopic (exact) mass is 341 g/mol. The van der Waals surface area contributed by atoms with Gasteiger partial charge in [0.25, 0.3) is 0 Å². The number of ether oxygens (including phenoxy) is 1. The number of hydrogen-bond acceptors (Lipinski definition) is 4. The number of hydrogen-bond donors (Lipinski definition) is 0. The third-order valence-corrected chi connectivity index (χ3v) is 3.72. The number of alkyl halides is 3. The zero-order valence-corrected chi connectivity index (χ0v) is 12.6. The predicted molar refractivity (Wildman–Crippen MR) is 77.4 cm³/mol. The molecule has 0 aliphatic rings. The Morgan fingerprint density at radius 1 is 1.17 bits per heavy atom. The fraction of sp³-hybridized carbons (Fsp3) is 0.143.